The third-order valence-corrected chi connectivity index (χ3v) is 5.09. The highest BCUT2D eigenvalue weighted by atomic mass is 32.2. The van der Waals surface area contributed by atoms with Gasteiger partial charge in [0.05, 0.1) is 4.90 Å². The molecule has 1 fully saturated rings. The summed E-state index contributed by atoms with van der Waals surface area (Å²) in [6, 6.07) is 7.79. The molecule has 4 nitrogen and oxygen atoms in total. The average molecular weight is 310 g/mol. The van der Waals surface area contributed by atoms with Crippen molar-refractivity contribution in [3.05, 3.63) is 24.3 Å². The normalized spacial score (nSPS) is 20.0. The standard InChI is InChI=1S/C16H26N2O2S/c1-13(2)17-11-14-5-4-10-18(12-14)15-6-8-16(9-7-15)21(3,19)20/h6-9,13-14,17H,4-5,10-12H2,1-3H3. The average Bonchev–Trinajstić information content (AvgIpc) is 2.45. The van der Waals surface area contributed by atoms with Crippen LogP contribution in [0.25, 0.3) is 0 Å². The van der Waals surface area contributed by atoms with E-state index in [1.807, 2.05) is 12.1 Å². The Kier molecular flexibility index (Phi) is 5.27. The number of sulfone groups is 1. The molecule has 0 spiro atoms. The smallest absolute Gasteiger partial charge is 0.175 e. The summed E-state index contributed by atoms with van der Waals surface area (Å²) in [5.41, 5.74) is 1.12. The van der Waals surface area contributed by atoms with Gasteiger partial charge in [-0.2, -0.15) is 0 Å². The Hall–Kier alpha value is -1.07. The Morgan fingerprint density at radius 3 is 2.52 bits per heavy atom. The van der Waals surface area contributed by atoms with Crippen LogP contribution in [0.3, 0.4) is 0 Å². The quantitative estimate of drug-likeness (QED) is 0.906. The lowest BCUT2D eigenvalue weighted by Crippen LogP contribution is -2.41. The molecule has 0 amide bonds. The van der Waals surface area contributed by atoms with E-state index in [0.29, 0.717) is 16.9 Å². The first-order valence-corrected chi connectivity index (χ1v) is 9.54. The highest BCUT2D eigenvalue weighted by Crippen LogP contribution is 2.24. The van der Waals surface area contributed by atoms with E-state index in [4.69, 9.17) is 0 Å². The summed E-state index contributed by atoms with van der Waals surface area (Å²) in [7, 11) is -3.11. The van der Waals surface area contributed by atoms with Gasteiger partial charge in [0.1, 0.15) is 0 Å². The molecular formula is C16H26N2O2S. The van der Waals surface area contributed by atoms with Crippen molar-refractivity contribution in [2.75, 3.05) is 30.8 Å². The number of anilines is 1. The minimum absolute atomic E-state index is 0.390. The van der Waals surface area contributed by atoms with E-state index in [9.17, 15) is 8.42 Å². The van der Waals surface area contributed by atoms with Gasteiger partial charge in [0.2, 0.25) is 0 Å². The maximum absolute atomic E-state index is 11.5. The molecule has 0 aromatic heterocycles. The van der Waals surface area contributed by atoms with Crippen molar-refractivity contribution in [2.45, 2.75) is 37.6 Å². The van der Waals surface area contributed by atoms with Crippen molar-refractivity contribution in [1.82, 2.24) is 5.32 Å². The summed E-state index contributed by atoms with van der Waals surface area (Å²) in [4.78, 5) is 2.75. The fourth-order valence-corrected chi connectivity index (χ4v) is 3.40. The highest BCUT2D eigenvalue weighted by molar-refractivity contribution is 7.90. The highest BCUT2D eigenvalue weighted by Gasteiger charge is 2.20. The summed E-state index contributed by atoms with van der Waals surface area (Å²) in [6.07, 6.45) is 3.70. The lowest BCUT2D eigenvalue weighted by atomic mass is 9.97. The fraction of sp³-hybridized carbons (Fsp3) is 0.625. The second-order valence-electron chi connectivity index (χ2n) is 6.28. The van der Waals surface area contributed by atoms with E-state index in [1.165, 1.54) is 19.1 Å². The molecule has 1 aliphatic heterocycles. The summed E-state index contributed by atoms with van der Waals surface area (Å²) in [6.45, 7) is 7.49. The van der Waals surface area contributed by atoms with Gasteiger partial charge in [-0.05, 0) is 49.6 Å². The summed E-state index contributed by atoms with van der Waals surface area (Å²) in [5, 5.41) is 3.51. The second-order valence-corrected chi connectivity index (χ2v) is 8.30. The number of rotatable bonds is 5. The maximum Gasteiger partial charge on any atom is 0.175 e. The summed E-state index contributed by atoms with van der Waals surface area (Å²) >= 11 is 0. The largest absolute Gasteiger partial charge is 0.371 e. The molecule has 0 radical (unpaired) electrons. The Morgan fingerprint density at radius 1 is 1.29 bits per heavy atom. The summed E-state index contributed by atoms with van der Waals surface area (Å²) < 4.78 is 23.0. The van der Waals surface area contributed by atoms with Crippen LogP contribution < -0.4 is 10.2 Å². The molecule has 1 atom stereocenters. The zero-order chi connectivity index (χ0) is 15.5. The molecule has 0 bridgehead atoms. The Balaban J connectivity index is 2.01. The lowest BCUT2D eigenvalue weighted by Gasteiger charge is -2.35. The van der Waals surface area contributed by atoms with E-state index >= 15 is 0 Å². The van der Waals surface area contributed by atoms with E-state index in [-0.39, 0.29) is 0 Å². The predicted octanol–water partition coefficient (Wildman–Crippen LogP) is 2.30. The van der Waals surface area contributed by atoms with Crippen molar-refractivity contribution in [1.29, 1.82) is 0 Å². The molecule has 0 aliphatic carbocycles. The van der Waals surface area contributed by atoms with E-state index < -0.39 is 9.84 Å². The molecule has 0 saturated carbocycles. The van der Waals surface area contributed by atoms with Crippen LogP contribution in [0.15, 0.2) is 29.2 Å². The monoisotopic (exact) mass is 310 g/mol. The zero-order valence-corrected chi connectivity index (χ0v) is 14.0. The molecule has 1 aromatic rings. The van der Waals surface area contributed by atoms with Crippen LogP contribution in [0.5, 0.6) is 0 Å². The van der Waals surface area contributed by atoms with Gasteiger partial charge in [0.15, 0.2) is 9.84 Å². The van der Waals surface area contributed by atoms with Crippen LogP contribution in [0.1, 0.15) is 26.7 Å². The number of piperidine rings is 1. The van der Waals surface area contributed by atoms with Crippen LogP contribution in [-0.2, 0) is 9.84 Å². The van der Waals surface area contributed by atoms with Gasteiger partial charge in [-0.25, -0.2) is 8.42 Å². The van der Waals surface area contributed by atoms with Gasteiger partial charge in [0, 0.05) is 31.1 Å². The summed E-state index contributed by atoms with van der Waals surface area (Å²) in [5.74, 6) is 0.663. The number of hydrogen-bond donors (Lipinski definition) is 1. The molecule has 1 unspecified atom stereocenters. The van der Waals surface area contributed by atoms with Crippen LogP contribution in [-0.4, -0.2) is 40.3 Å². The molecule has 1 heterocycles. The van der Waals surface area contributed by atoms with E-state index in [1.54, 1.807) is 12.1 Å². The van der Waals surface area contributed by atoms with Crippen molar-refractivity contribution in [2.24, 2.45) is 5.92 Å². The van der Waals surface area contributed by atoms with Crippen molar-refractivity contribution >= 4 is 15.5 Å². The third-order valence-electron chi connectivity index (χ3n) is 3.96. The third kappa shape index (κ3) is 4.71. The second kappa shape index (κ2) is 6.79. The van der Waals surface area contributed by atoms with Gasteiger partial charge in [-0.1, -0.05) is 13.8 Å². The number of hydrogen-bond acceptors (Lipinski definition) is 4. The minimum atomic E-state index is -3.11. The van der Waals surface area contributed by atoms with Crippen LogP contribution in [0.2, 0.25) is 0 Å². The Labute approximate surface area is 128 Å². The predicted molar refractivity (Wildman–Crippen MR) is 87.6 cm³/mol. The van der Waals surface area contributed by atoms with Crippen molar-refractivity contribution in [3.8, 4) is 0 Å². The van der Waals surface area contributed by atoms with Gasteiger partial charge >= 0.3 is 0 Å². The Bertz CT molecular complexity index is 552. The molecule has 1 N–H and O–H groups in total. The molecule has 5 heteroatoms. The molecule has 2 rings (SSSR count). The number of nitrogens with one attached hydrogen (secondary N) is 1. The number of nitrogens with zero attached hydrogens (tertiary/aromatic N) is 1. The fourth-order valence-electron chi connectivity index (χ4n) is 2.77. The van der Waals surface area contributed by atoms with E-state index in [2.05, 4.69) is 24.1 Å². The van der Waals surface area contributed by atoms with Gasteiger partial charge < -0.3 is 10.2 Å². The molecular weight excluding hydrogens is 284 g/mol. The zero-order valence-electron chi connectivity index (χ0n) is 13.2. The Morgan fingerprint density at radius 2 is 1.95 bits per heavy atom. The maximum atomic E-state index is 11.5. The number of benzene rings is 1. The molecule has 1 aliphatic rings. The first-order chi connectivity index (χ1) is 9.86. The van der Waals surface area contributed by atoms with Gasteiger partial charge in [-0.15, -0.1) is 0 Å². The van der Waals surface area contributed by atoms with Gasteiger partial charge in [0.25, 0.3) is 0 Å². The topological polar surface area (TPSA) is 49.4 Å². The SMILES string of the molecule is CC(C)NCC1CCCN(c2ccc(S(C)(=O)=O)cc2)C1. The molecule has 1 aromatic carbocycles. The van der Waals surface area contributed by atoms with Crippen LogP contribution in [0.4, 0.5) is 5.69 Å². The molecule has 21 heavy (non-hydrogen) atoms. The minimum Gasteiger partial charge on any atom is -0.371 e. The van der Waals surface area contributed by atoms with Gasteiger partial charge in [-0.3, -0.25) is 0 Å². The van der Waals surface area contributed by atoms with E-state index in [0.717, 1.165) is 25.3 Å². The molecule has 1 saturated heterocycles. The van der Waals surface area contributed by atoms with Crippen molar-refractivity contribution < 1.29 is 8.42 Å². The lowest BCUT2D eigenvalue weighted by molar-refractivity contribution is 0.379. The first-order valence-electron chi connectivity index (χ1n) is 7.64. The first kappa shape index (κ1) is 16.3. The van der Waals surface area contributed by atoms with Crippen LogP contribution in [0, 0.1) is 5.92 Å². The van der Waals surface area contributed by atoms with Crippen molar-refractivity contribution in [3.63, 3.8) is 0 Å². The molecule has 118 valence electrons. The van der Waals surface area contributed by atoms with Crippen LogP contribution >= 0.6 is 0 Å².